The largest absolute Gasteiger partial charge is 0.273 e. The number of carbonyl (C=O) groups excluding carboxylic acids is 1. The van der Waals surface area contributed by atoms with Crippen molar-refractivity contribution in [2.24, 2.45) is 5.41 Å². The van der Waals surface area contributed by atoms with Crippen molar-refractivity contribution in [1.29, 1.82) is 0 Å². The van der Waals surface area contributed by atoms with E-state index < -0.39 is 47.2 Å². The summed E-state index contributed by atoms with van der Waals surface area (Å²) in [6.45, 7) is 4.83. The number of amides is 1. The second kappa shape index (κ2) is 7.03. The van der Waals surface area contributed by atoms with Crippen molar-refractivity contribution in [3.8, 4) is 0 Å². The summed E-state index contributed by atoms with van der Waals surface area (Å²) < 4.78 is 76.2. The van der Waals surface area contributed by atoms with E-state index in [0.29, 0.717) is 4.31 Å². The van der Waals surface area contributed by atoms with Crippen molar-refractivity contribution in [3.63, 3.8) is 0 Å². The summed E-state index contributed by atoms with van der Waals surface area (Å²) in [4.78, 5) is 12.4. The summed E-state index contributed by atoms with van der Waals surface area (Å²) in [7, 11) is -11.1. The van der Waals surface area contributed by atoms with Gasteiger partial charge in [0, 0.05) is 12.6 Å². The van der Waals surface area contributed by atoms with Gasteiger partial charge in [0.15, 0.2) is 9.84 Å². The molecular formula is C17H24N2O7S3. The maximum Gasteiger partial charge on any atom is 0.247 e. The van der Waals surface area contributed by atoms with Crippen LogP contribution in [0.15, 0.2) is 29.2 Å². The number of sulfonamides is 2. The monoisotopic (exact) mass is 464 g/mol. The molecule has 1 amide bonds. The minimum absolute atomic E-state index is 0.0483. The number of hydrogen-bond donors (Lipinski definition) is 0. The highest BCUT2D eigenvalue weighted by Gasteiger charge is 2.50. The van der Waals surface area contributed by atoms with Gasteiger partial charge in [-0.1, -0.05) is 6.92 Å². The van der Waals surface area contributed by atoms with Gasteiger partial charge >= 0.3 is 0 Å². The Kier molecular flexibility index (Phi) is 5.38. The molecule has 0 bridgehead atoms. The van der Waals surface area contributed by atoms with Gasteiger partial charge in [0.2, 0.25) is 26.0 Å². The summed E-state index contributed by atoms with van der Waals surface area (Å²) >= 11 is 0. The fourth-order valence-corrected chi connectivity index (χ4v) is 9.37. The topological polar surface area (TPSA) is 126 Å². The van der Waals surface area contributed by atoms with Crippen LogP contribution in [0.3, 0.4) is 0 Å². The van der Waals surface area contributed by atoms with Crippen LogP contribution in [-0.2, 0) is 34.7 Å². The van der Waals surface area contributed by atoms with E-state index in [2.05, 4.69) is 0 Å². The van der Waals surface area contributed by atoms with Crippen LogP contribution in [-0.4, -0.2) is 65.3 Å². The first-order valence-corrected chi connectivity index (χ1v) is 14.0. The molecular weight excluding hydrogens is 440 g/mol. The Balaban J connectivity index is 1.92. The van der Waals surface area contributed by atoms with E-state index in [1.54, 1.807) is 20.8 Å². The summed E-state index contributed by atoms with van der Waals surface area (Å²) in [5, 5.41) is 0. The molecule has 3 rings (SSSR count). The van der Waals surface area contributed by atoms with E-state index in [9.17, 15) is 30.0 Å². The summed E-state index contributed by atoms with van der Waals surface area (Å²) in [5.74, 6) is -1.15. The number of rotatable bonds is 5. The first-order valence-electron chi connectivity index (χ1n) is 9.11. The molecule has 1 aromatic rings. The van der Waals surface area contributed by atoms with Crippen LogP contribution in [0.5, 0.6) is 0 Å². The predicted octanol–water partition coefficient (Wildman–Crippen LogP) is 0.587. The molecule has 0 radical (unpaired) electrons. The lowest BCUT2D eigenvalue weighted by Crippen LogP contribution is -2.40. The van der Waals surface area contributed by atoms with Crippen LogP contribution in [0, 0.1) is 5.41 Å². The van der Waals surface area contributed by atoms with Gasteiger partial charge in [0.1, 0.15) is 0 Å². The van der Waals surface area contributed by atoms with Crippen LogP contribution in [0.1, 0.15) is 27.2 Å². The van der Waals surface area contributed by atoms with Crippen molar-refractivity contribution in [3.05, 3.63) is 24.3 Å². The maximum absolute atomic E-state index is 13.0. The minimum atomic E-state index is -3.97. The number of nitrogens with zero attached hydrogens (tertiary/aromatic N) is 2. The predicted molar refractivity (Wildman–Crippen MR) is 108 cm³/mol. The lowest BCUT2D eigenvalue weighted by atomic mass is 9.95. The molecule has 2 fully saturated rings. The average Bonchev–Trinajstić information content (AvgIpc) is 3.01. The smallest absolute Gasteiger partial charge is 0.247 e. The van der Waals surface area contributed by atoms with E-state index in [1.165, 1.54) is 24.3 Å². The molecule has 0 unspecified atom stereocenters. The van der Waals surface area contributed by atoms with Gasteiger partial charge in [0.25, 0.3) is 0 Å². The molecule has 162 valence electrons. The van der Waals surface area contributed by atoms with Gasteiger partial charge in [-0.25, -0.2) is 29.6 Å². The summed E-state index contributed by atoms with van der Waals surface area (Å²) in [6, 6.07) is 4.41. The van der Waals surface area contributed by atoms with Crippen LogP contribution >= 0.6 is 0 Å². The third-order valence-electron chi connectivity index (χ3n) is 5.19. The zero-order chi connectivity index (χ0) is 21.8. The normalized spacial score (nSPS) is 25.6. The first kappa shape index (κ1) is 22.2. The SMILES string of the molecule is CCN([C@H]1CCS(=O)(=O)C1)S(=O)(=O)c1ccc(N2C(=O)C(C)(C)CS2(=O)=O)cc1. The molecule has 2 heterocycles. The number of hydrogen-bond acceptors (Lipinski definition) is 7. The molecule has 1 aromatic carbocycles. The van der Waals surface area contributed by atoms with E-state index >= 15 is 0 Å². The Morgan fingerprint density at radius 1 is 1.14 bits per heavy atom. The van der Waals surface area contributed by atoms with E-state index in [0.717, 1.165) is 4.31 Å². The van der Waals surface area contributed by atoms with Crippen molar-refractivity contribution in [2.75, 3.05) is 28.1 Å². The molecule has 12 heteroatoms. The Bertz CT molecular complexity index is 1140. The van der Waals surface area contributed by atoms with Crippen LogP contribution in [0.2, 0.25) is 0 Å². The molecule has 0 saturated carbocycles. The van der Waals surface area contributed by atoms with Crippen molar-refractivity contribution >= 4 is 41.5 Å². The standard InChI is InChI=1S/C17H24N2O7S3/c1-4-18(14-9-10-27(21,22)11-14)29(25,26)15-7-5-13(6-8-15)19-16(20)17(2,3)12-28(19,23)24/h5-8,14H,4,9-12H2,1-3H3/t14-/m0/s1. The number of benzene rings is 1. The van der Waals surface area contributed by atoms with E-state index in [4.69, 9.17) is 0 Å². The van der Waals surface area contributed by atoms with Crippen molar-refractivity contribution in [2.45, 2.75) is 38.1 Å². The van der Waals surface area contributed by atoms with E-state index in [1.807, 2.05) is 0 Å². The molecule has 0 aliphatic carbocycles. The third kappa shape index (κ3) is 3.94. The Hall–Kier alpha value is -1.50. The van der Waals surface area contributed by atoms with Crippen LogP contribution in [0.4, 0.5) is 5.69 Å². The fraction of sp³-hybridized carbons (Fsp3) is 0.588. The molecule has 0 aromatic heterocycles. The van der Waals surface area contributed by atoms with Crippen LogP contribution < -0.4 is 4.31 Å². The number of carbonyl (C=O) groups is 1. The summed E-state index contributed by atoms with van der Waals surface area (Å²) in [6.07, 6.45) is 0.239. The lowest BCUT2D eigenvalue weighted by molar-refractivity contribution is -0.123. The maximum atomic E-state index is 13.0. The van der Waals surface area contributed by atoms with Crippen molar-refractivity contribution < 1.29 is 30.0 Å². The molecule has 0 spiro atoms. The van der Waals surface area contributed by atoms with Gasteiger partial charge in [-0.15, -0.1) is 0 Å². The number of sulfone groups is 1. The number of anilines is 1. The second-order valence-corrected chi connectivity index (χ2v) is 13.9. The van der Waals surface area contributed by atoms with Gasteiger partial charge in [0.05, 0.1) is 33.3 Å². The minimum Gasteiger partial charge on any atom is -0.273 e. The fourth-order valence-electron chi connectivity index (χ4n) is 3.78. The van der Waals surface area contributed by atoms with E-state index in [-0.39, 0.29) is 40.8 Å². The zero-order valence-corrected chi connectivity index (χ0v) is 18.8. The third-order valence-corrected chi connectivity index (χ3v) is 11.0. The molecule has 1 atom stereocenters. The van der Waals surface area contributed by atoms with Crippen molar-refractivity contribution in [1.82, 2.24) is 4.31 Å². The van der Waals surface area contributed by atoms with Gasteiger partial charge in [-0.2, -0.15) is 4.31 Å². The zero-order valence-electron chi connectivity index (χ0n) is 16.4. The highest BCUT2D eigenvalue weighted by Crippen LogP contribution is 2.36. The van der Waals surface area contributed by atoms with Gasteiger partial charge in [-0.05, 0) is 44.5 Å². The highest BCUT2D eigenvalue weighted by atomic mass is 32.2. The first-order chi connectivity index (χ1) is 13.2. The van der Waals surface area contributed by atoms with Gasteiger partial charge < -0.3 is 0 Å². The molecule has 2 aliphatic heterocycles. The Morgan fingerprint density at radius 3 is 2.14 bits per heavy atom. The molecule has 2 aliphatic rings. The highest BCUT2D eigenvalue weighted by molar-refractivity contribution is 7.94. The quantitative estimate of drug-likeness (QED) is 0.624. The van der Waals surface area contributed by atoms with Gasteiger partial charge in [-0.3, -0.25) is 4.79 Å². The Labute approximate surface area is 171 Å². The lowest BCUT2D eigenvalue weighted by Gasteiger charge is -2.26. The average molecular weight is 465 g/mol. The second-order valence-electron chi connectivity index (χ2n) is 7.97. The molecule has 9 nitrogen and oxygen atoms in total. The Morgan fingerprint density at radius 2 is 1.72 bits per heavy atom. The molecule has 2 saturated heterocycles. The molecule has 29 heavy (non-hydrogen) atoms. The molecule has 0 N–H and O–H groups in total. The van der Waals surface area contributed by atoms with Crippen LogP contribution in [0.25, 0.3) is 0 Å². The summed E-state index contributed by atoms with van der Waals surface area (Å²) in [5.41, 5.74) is -0.984.